The predicted molar refractivity (Wildman–Crippen MR) is 141 cm³/mol. The first-order chi connectivity index (χ1) is 16.2. The lowest BCUT2D eigenvalue weighted by atomic mass is 9.80. The Hall–Kier alpha value is -1.32. The van der Waals surface area contributed by atoms with Gasteiger partial charge in [-0.05, 0) is 68.5 Å². The minimum absolute atomic E-state index is 0.724. The van der Waals surface area contributed by atoms with Crippen LogP contribution in [0.15, 0.2) is 18.2 Å². The van der Waals surface area contributed by atoms with Crippen LogP contribution in [0.25, 0.3) is 11.4 Å². The molecule has 0 amide bonds. The van der Waals surface area contributed by atoms with Gasteiger partial charge in [-0.3, -0.25) is 4.90 Å². The summed E-state index contributed by atoms with van der Waals surface area (Å²) in [7, 11) is 0. The van der Waals surface area contributed by atoms with Crippen molar-refractivity contribution in [2.45, 2.75) is 117 Å². The Morgan fingerprint density at radius 3 is 2.30 bits per heavy atom. The predicted octanol–water partition coefficient (Wildman–Crippen LogP) is 8.06. The molecule has 1 unspecified atom stereocenters. The van der Waals surface area contributed by atoms with Gasteiger partial charge in [0.25, 0.3) is 0 Å². The highest BCUT2D eigenvalue weighted by Crippen LogP contribution is 2.37. The fourth-order valence-corrected chi connectivity index (χ4v) is 6.59. The molecule has 0 spiro atoms. The lowest BCUT2D eigenvalue weighted by Crippen LogP contribution is -2.44. The van der Waals surface area contributed by atoms with E-state index < -0.39 is 0 Å². The molecule has 2 fully saturated rings. The van der Waals surface area contributed by atoms with Gasteiger partial charge in [0.05, 0.1) is 5.69 Å². The van der Waals surface area contributed by atoms with Crippen LogP contribution >= 0.6 is 11.6 Å². The molecule has 1 saturated heterocycles. The average Bonchev–Trinajstić information content (AvgIpc) is 3.17. The summed E-state index contributed by atoms with van der Waals surface area (Å²) in [6, 6.07) is 7.46. The molecule has 0 bridgehead atoms. The molecule has 1 saturated carbocycles. The van der Waals surface area contributed by atoms with Gasteiger partial charge in [-0.1, -0.05) is 82.7 Å². The van der Waals surface area contributed by atoms with E-state index in [-0.39, 0.29) is 0 Å². The fraction of sp³-hybridized carbons (Fsp3) is 0.690. The zero-order valence-electron chi connectivity index (χ0n) is 21.2. The van der Waals surface area contributed by atoms with E-state index in [4.69, 9.17) is 16.6 Å². The minimum atomic E-state index is 0.724. The van der Waals surface area contributed by atoms with E-state index in [1.54, 1.807) is 0 Å². The van der Waals surface area contributed by atoms with Crippen LogP contribution in [-0.4, -0.2) is 27.0 Å². The van der Waals surface area contributed by atoms with Gasteiger partial charge in [-0.2, -0.15) is 0 Å². The van der Waals surface area contributed by atoms with Gasteiger partial charge in [-0.15, -0.1) is 0 Å². The summed E-state index contributed by atoms with van der Waals surface area (Å²) in [4.78, 5) is 7.83. The molecular formula is C29H44ClN3. The van der Waals surface area contributed by atoms with Crippen LogP contribution in [0.3, 0.4) is 0 Å². The Kier molecular flexibility index (Phi) is 8.93. The van der Waals surface area contributed by atoms with Gasteiger partial charge in [0.1, 0.15) is 5.82 Å². The average molecular weight is 470 g/mol. The second kappa shape index (κ2) is 11.9. The maximum atomic E-state index is 6.96. The summed E-state index contributed by atoms with van der Waals surface area (Å²) in [5.41, 5.74) is 5.35. The van der Waals surface area contributed by atoms with Crippen molar-refractivity contribution in [1.29, 1.82) is 0 Å². The molecule has 1 aromatic heterocycles. The summed E-state index contributed by atoms with van der Waals surface area (Å²) in [6.45, 7) is 9.94. The summed E-state index contributed by atoms with van der Waals surface area (Å²) in [6.07, 6.45) is 15.5. The molecule has 1 aliphatic carbocycles. The van der Waals surface area contributed by atoms with E-state index in [1.807, 2.05) is 0 Å². The third-order valence-electron chi connectivity index (χ3n) is 8.19. The molecule has 2 aliphatic rings. The number of hydrogen-bond donors (Lipinski definition) is 0. The second-order valence-electron chi connectivity index (χ2n) is 10.3. The number of halogens is 1. The maximum absolute atomic E-state index is 6.96. The molecule has 4 rings (SSSR count). The number of aryl methyl sites for hydroxylation is 2. The van der Waals surface area contributed by atoms with Crippen LogP contribution in [0.4, 0.5) is 0 Å². The summed E-state index contributed by atoms with van der Waals surface area (Å²) in [5, 5.41) is 0.724. The van der Waals surface area contributed by atoms with Crippen LogP contribution in [0.2, 0.25) is 5.15 Å². The van der Waals surface area contributed by atoms with E-state index >= 15 is 0 Å². The highest BCUT2D eigenvalue weighted by molar-refractivity contribution is 6.30. The Morgan fingerprint density at radius 1 is 0.939 bits per heavy atom. The lowest BCUT2D eigenvalue weighted by Gasteiger charge is -2.42. The van der Waals surface area contributed by atoms with Gasteiger partial charge < -0.3 is 4.57 Å². The van der Waals surface area contributed by atoms with Crippen molar-refractivity contribution in [3.8, 4) is 11.4 Å². The van der Waals surface area contributed by atoms with E-state index in [0.29, 0.717) is 0 Å². The van der Waals surface area contributed by atoms with Gasteiger partial charge in [0.2, 0.25) is 0 Å². The number of likely N-dealkylation sites (tertiary alicyclic amines) is 1. The quantitative estimate of drug-likeness (QED) is 0.370. The normalized spacial score (nSPS) is 20.4. The molecule has 4 heteroatoms. The smallest absolute Gasteiger partial charge is 0.152 e. The van der Waals surface area contributed by atoms with Gasteiger partial charge >= 0.3 is 0 Å². The van der Waals surface area contributed by atoms with E-state index in [1.165, 1.54) is 86.7 Å². The molecule has 1 atom stereocenters. The molecule has 0 N–H and O–H groups in total. The number of unbranched alkanes of at least 4 members (excludes halogenated alkanes) is 1. The maximum Gasteiger partial charge on any atom is 0.152 e. The lowest BCUT2D eigenvalue weighted by molar-refractivity contribution is 0.0727. The van der Waals surface area contributed by atoms with Crippen LogP contribution in [0.5, 0.6) is 0 Å². The summed E-state index contributed by atoms with van der Waals surface area (Å²) < 4.78 is 2.49. The third-order valence-corrected chi connectivity index (χ3v) is 8.50. The minimum Gasteiger partial charge on any atom is -0.325 e. The number of hydrogen-bond acceptors (Lipinski definition) is 2. The van der Waals surface area contributed by atoms with E-state index in [2.05, 4.69) is 48.4 Å². The number of imidazole rings is 1. The standard InChI is InChI=1S/C29H44ClN3/c1-4-7-20-33-26(21-32-19-12-11-18-25(32)24-14-9-8-10-15-24)28(30)31-29(33)27-22(5-2)16-13-17-23(27)6-3/h13,16-17,24-25H,4-12,14-15,18-21H2,1-3H3. The van der Waals surface area contributed by atoms with Gasteiger partial charge in [-0.25, -0.2) is 4.98 Å². The Labute approximate surface area is 206 Å². The monoisotopic (exact) mass is 469 g/mol. The van der Waals surface area contributed by atoms with Crippen LogP contribution < -0.4 is 0 Å². The summed E-state index contributed by atoms with van der Waals surface area (Å²) >= 11 is 6.96. The van der Waals surface area contributed by atoms with Crippen molar-refractivity contribution in [3.63, 3.8) is 0 Å². The van der Waals surface area contributed by atoms with Crippen molar-refractivity contribution in [3.05, 3.63) is 40.2 Å². The zero-order chi connectivity index (χ0) is 23.2. The van der Waals surface area contributed by atoms with Gasteiger partial charge in [0, 0.05) is 24.7 Å². The largest absolute Gasteiger partial charge is 0.325 e. The first-order valence-electron chi connectivity index (χ1n) is 13.8. The SMILES string of the molecule is CCCCn1c(-c2c(CC)cccc2CC)nc(Cl)c1CN1CCCCC1C1CCCCC1. The van der Waals surface area contributed by atoms with E-state index in [9.17, 15) is 0 Å². The number of rotatable bonds is 9. The highest BCUT2D eigenvalue weighted by atomic mass is 35.5. The van der Waals surface area contributed by atoms with Crippen molar-refractivity contribution >= 4 is 11.6 Å². The number of piperidine rings is 1. The molecular weight excluding hydrogens is 426 g/mol. The second-order valence-corrected chi connectivity index (χ2v) is 10.6. The Bertz CT molecular complexity index is 874. The number of benzene rings is 1. The van der Waals surface area contributed by atoms with E-state index in [0.717, 1.165) is 55.3 Å². The van der Waals surface area contributed by atoms with Crippen molar-refractivity contribution < 1.29 is 0 Å². The molecule has 182 valence electrons. The first-order valence-corrected chi connectivity index (χ1v) is 14.2. The third kappa shape index (κ3) is 5.51. The van der Waals surface area contributed by atoms with Crippen LogP contribution in [0.1, 0.15) is 102 Å². The Morgan fingerprint density at radius 2 is 1.64 bits per heavy atom. The van der Waals surface area contributed by atoms with Crippen LogP contribution in [-0.2, 0) is 25.9 Å². The van der Waals surface area contributed by atoms with Crippen molar-refractivity contribution in [1.82, 2.24) is 14.5 Å². The molecule has 2 heterocycles. The molecule has 1 aliphatic heterocycles. The topological polar surface area (TPSA) is 21.1 Å². The molecule has 33 heavy (non-hydrogen) atoms. The fourth-order valence-electron chi connectivity index (χ4n) is 6.34. The highest BCUT2D eigenvalue weighted by Gasteiger charge is 2.32. The zero-order valence-corrected chi connectivity index (χ0v) is 22.0. The molecule has 2 aromatic rings. The molecule has 1 aromatic carbocycles. The first kappa shape index (κ1) is 24.8. The van der Waals surface area contributed by atoms with Crippen molar-refractivity contribution in [2.24, 2.45) is 5.92 Å². The molecule has 0 radical (unpaired) electrons. The molecule has 3 nitrogen and oxygen atoms in total. The van der Waals surface area contributed by atoms with Gasteiger partial charge in [0.15, 0.2) is 5.15 Å². The Balaban J connectivity index is 1.71. The summed E-state index contributed by atoms with van der Waals surface area (Å²) in [5.74, 6) is 1.97. The van der Waals surface area contributed by atoms with Crippen LogP contribution in [0, 0.1) is 5.92 Å². The van der Waals surface area contributed by atoms with Crippen molar-refractivity contribution in [2.75, 3.05) is 6.54 Å². The number of aromatic nitrogens is 2. The number of nitrogens with zero attached hydrogens (tertiary/aromatic N) is 3.